The van der Waals surface area contributed by atoms with E-state index < -0.39 is 5.97 Å². The van der Waals surface area contributed by atoms with Crippen LogP contribution in [0.25, 0.3) is 0 Å². The van der Waals surface area contributed by atoms with Gasteiger partial charge in [-0.2, -0.15) is 0 Å². The number of nitrogens with zero attached hydrogens (tertiary/aromatic N) is 2. The number of rotatable bonds is 5. The molecule has 0 amide bonds. The number of methoxy groups -OCH3 is 1. The van der Waals surface area contributed by atoms with Crippen molar-refractivity contribution >= 4 is 11.8 Å². The Labute approximate surface area is 120 Å². The minimum Gasteiger partial charge on any atom is -0.464 e. The van der Waals surface area contributed by atoms with E-state index in [2.05, 4.69) is 4.98 Å². The van der Waals surface area contributed by atoms with Crippen molar-refractivity contribution in [1.82, 2.24) is 9.55 Å². The molecule has 1 aromatic rings. The molecule has 1 aliphatic carbocycles. The van der Waals surface area contributed by atoms with Crippen LogP contribution in [-0.2, 0) is 17.7 Å². The van der Waals surface area contributed by atoms with E-state index in [-0.39, 0.29) is 5.69 Å². The average Bonchev–Trinajstić information content (AvgIpc) is 2.81. The Balaban J connectivity index is 2.09. The smallest absolute Gasteiger partial charge is 0.360 e. The van der Waals surface area contributed by atoms with Crippen molar-refractivity contribution in [3.63, 3.8) is 0 Å². The fourth-order valence-corrected chi connectivity index (χ4v) is 3.07. The number of hydrogen-bond donors (Lipinski definition) is 1. The number of carbonyl (C=O) groups is 1. The van der Waals surface area contributed by atoms with Crippen LogP contribution in [0.1, 0.15) is 61.8 Å². The summed E-state index contributed by atoms with van der Waals surface area (Å²) in [4.78, 5) is 16.0. The number of aromatic nitrogens is 2. The van der Waals surface area contributed by atoms with Gasteiger partial charge in [0.05, 0.1) is 7.11 Å². The number of ether oxygens (including phenoxy) is 1. The van der Waals surface area contributed by atoms with Crippen molar-refractivity contribution < 1.29 is 9.53 Å². The van der Waals surface area contributed by atoms with Gasteiger partial charge in [-0.1, -0.05) is 39.0 Å². The molecule has 1 fully saturated rings. The minimum atomic E-state index is -0.450. The molecule has 0 bridgehead atoms. The lowest BCUT2D eigenvalue weighted by molar-refractivity contribution is 0.0595. The summed E-state index contributed by atoms with van der Waals surface area (Å²) >= 11 is 0. The van der Waals surface area contributed by atoms with Gasteiger partial charge in [-0.15, -0.1) is 0 Å². The minimum absolute atomic E-state index is 0.257. The summed E-state index contributed by atoms with van der Waals surface area (Å²) in [6, 6.07) is 0. The molecule has 0 aromatic carbocycles. The van der Waals surface area contributed by atoms with Crippen molar-refractivity contribution in [3.05, 3.63) is 11.5 Å². The maximum absolute atomic E-state index is 11.6. The summed E-state index contributed by atoms with van der Waals surface area (Å²) in [5.74, 6) is 1.66. The van der Waals surface area contributed by atoms with Crippen molar-refractivity contribution in [2.45, 2.75) is 58.4 Å². The van der Waals surface area contributed by atoms with Gasteiger partial charge < -0.3 is 15.0 Å². The van der Waals surface area contributed by atoms with Crippen LogP contribution in [0.4, 0.5) is 5.82 Å². The van der Waals surface area contributed by atoms with Crippen LogP contribution in [0.3, 0.4) is 0 Å². The number of carbonyl (C=O) groups excluding carboxylic acids is 1. The van der Waals surface area contributed by atoms with Crippen LogP contribution in [0.15, 0.2) is 0 Å². The molecule has 0 unspecified atom stereocenters. The third-order valence-corrected chi connectivity index (χ3v) is 4.27. The molecule has 0 spiro atoms. The normalized spacial score (nSPS) is 16.3. The Morgan fingerprint density at radius 1 is 1.40 bits per heavy atom. The van der Waals surface area contributed by atoms with E-state index in [0.29, 0.717) is 5.82 Å². The highest BCUT2D eigenvalue weighted by Gasteiger charge is 2.21. The fraction of sp³-hybridized carbons (Fsp3) is 0.733. The topological polar surface area (TPSA) is 70.1 Å². The van der Waals surface area contributed by atoms with Gasteiger partial charge in [0, 0.05) is 13.0 Å². The van der Waals surface area contributed by atoms with Gasteiger partial charge in [-0.3, -0.25) is 0 Å². The molecule has 20 heavy (non-hydrogen) atoms. The van der Waals surface area contributed by atoms with Gasteiger partial charge in [0.15, 0.2) is 5.69 Å². The molecule has 5 heteroatoms. The molecule has 0 aliphatic heterocycles. The fourth-order valence-electron chi connectivity index (χ4n) is 3.07. The van der Waals surface area contributed by atoms with Crippen LogP contribution >= 0.6 is 0 Å². The number of nitrogen functional groups attached to an aromatic ring is 1. The zero-order valence-corrected chi connectivity index (χ0v) is 12.5. The van der Waals surface area contributed by atoms with Crippen molar-refractivity contribution in [2.75, 3.05) is 12.8 Å². The van der Waals surface area contributed by atoms with Crippen LogP contribution in [0, 0.1) is 5.92 Å². The molecule has 1 aromatic heterocycles. The summed E-state index contributed by atoms with van der Waals surface area (Å²) in [7, 11) is 1.36. The zero-order chi connectivity index (χ0) is 14.5. The quantitative estimate of drug-likeness (QED) is 0.841. The van der Waals surface area contributed by atoms with Crippen molar-refractivity contribution in [3.8, 4) is 0 Å². The SMILES string of the molecule is CCc1nc(C(=O)OC)c(N)n1CCC1CCCCC1. The Morgan fingerprint density at radius 3 is 2.70 bits per heavy atom. The largest absolute Gasteiger partial charge is 0.464 e. The van der Waals surface area contributed by atoms with Gasteiger partial charge in [0.2, 0.25) is 0 Å². The maximum atomic E-state index is 11.6. The van der Waals surface area contributed by atoms with E-state index in [1.807, 2.05) is 11.5 Å². The number of esters is 1. The summed E-state index contributed by atoms with van der Waals surface area (Å²) in [6.07, 6.45) is 8.59. The molecule has 1 saturated carbocycles. The van der Waals surface area contributed by atoms with E-state index in [1.54, 1.807) is 0 Å². The number of hydrogen-bond acceptors (Lipinski definition) is 4. The third kappa shape index (κ3) is 3.14. The van der Waals surface area contributed by atoms with Gasteiger partial charge in [0.1, 0.15) is 11.6 Å². The van der Waals surface area contributed by atoms with E-state index in [4.69, 9.17) is 10.5 Å². The van der Waals surface area contributed by atoms with Gasteiger partial charge in [0.25, 0.3) is 0 Å². The van der Waals surface area contributed by atoms with E-state index >= 15 is 0 Å². The van der Waals surface area contributed by atoms with Crippen LogP contribution in [0.5, 0.6) is 0 Å². The highest BCUT2D eigenvalue weighted by molar-refractivity contribution is 5.92. The van der Waals surface area contributed by atoms with Crippen LogP contribution in [0.2, 0.25) is 0 Å². The molecule has 5 nitrogen and oxygen atoms in total. The zero-order valence-electron chi connectivity index (χ0n) is 12.5. The first-order chi connectivity index (χ1) is 9.67. The van der Waals surface area contributed by atoms with Crippen molar-refractivity contribution in [2.24, 2.45) is 5.92 Å². The van der Waals surface area contributed by atoms with Crippen molar-refractivity contribution in [1.29, 1.82) is 0 Å². The van der Waals surface area contributed by atoms with Crippen LogP contribution in [-0.4, -0.2) is 22.6 Å². The molecule has 0 saturated heterocycles. The molecular weight excluding hydrogens is 254 g/mol. The summed E-state index contributed by atoms with van der Waals surface area (Å²) < 4.78 is 6.72. The molecule has 0 atom stereocenters. The Kier molecular flexibility index (Phi) is 5.04. The standard InChI is InChI=1S/C15H25N3O2/c1-3-12-17-13(15(19)20-2)14(16)18(12)10-9-11-7-5-4-6-8-11/h11H,3-10,16H2,1-2H3. The van der Waals surface area contributed by atoms with E-state index in [9.17, 15) is 4.79 Å². The molecule has 2 rings (SSSR count). The highest BCUT2D eigenvalue weighted by atomic mass is 16.5. The lowest BCUT2D eigenvalue weighted by Gasteiger charge is -2.22. The predicted molar refractivity (Wildman–Crippen MR) is 78.5 cm³/mol. The molecule has 1 heterocycles. The monoisotopic (exact) mass is 279 g/mol. The first kappa shape index (κ1) is 14.9. The molecule has 112 valence electrons. The predicted octanol–water partition coefficient (Wildman–Crippen LogP) is 2.78. The maximum Gasteiger partial charge on any atom is 0.360 e. The average molecular weight is 279 g/mol. The Hall–Kier alpha value is -1.52. The lowest BCUT2D eigenvalue weighted by atomic mass is 9.87. The van der Waals surface area contributed by atoms with Gasteiger partial charge in [-0.05, 0) is 12.3 Å². The highest BCUT2D eigenvalue weighted by Crippen LogP contribution is 2.27. The van der Waals surface area contributed by atoms with E-state index in [0.717, 1.165) is 31.1 Å². The Bertz CT molecular complexity index is 462. The first-order valence-electron chi connectivity index (χ1n) is 7.60. The molecular formula is C15H25N3O2. The Morgan fingerprint density at radius 2 is 2.10 bits per heavy atom. The van der Waals surface area contributed by atoms with E-state index in [1.165, 1.54) is 39.2 Å². The van der Waals surface area contributed by atoms with Gasteiger partial charge in [-0.25, -0.2) is 9.78 Å². The summed E-state index contributed by atoms with van der Waals surface area (Å²) in [6.45, 7) is 2.88. The summed E-state index contributed by atoms with van der Waals surface area (Å²) in [5.41, 5.74) is 6.33. The lowest BCUT2D eigenvalue weighted by Crippen LogP contribution is -2.14. The number of imidazole rings is 1. The third-order valence-electron chi connectivity index (χ3n) is 4.27. The number of aryl methyl sites for hydroxylation is 1. The molecule has 0 radical (unpaired) electrons. The number of anilines is 1. The molecule has 1 aliphatic rings. The first-order valence-corrected chi connectivity index (χ1v) is 7.60. The van der Waals surface area contributed by atoms with Crippen LogP contribution < -0.4 is 5.73 Å². The van der Waals surface area contributed by atoms with Gasteiger partial charge >= 0.3 is 5.97 Å². The number of nitrogens with two attached hydrogens (primary N) is 1. The molecule has 2 N–H and O–H groups in total. The second-order valence-electron chi connectivity index (χ2n) is 5.55. The second-order valence-corrected chi connectivity index (χ2v) is 5.55. The second kappa shape index (κ2) is 6.77. The summed E-state index contributed by atoms with van der Waals surface area (Å²) in [5, 5.41) is 0.